The molecule has 78 valence electrons. The van der Waals surface area contributed by atoms with Gasteiger partial charge in [0.05, 0.1) is 6.61 Å². The zero-order valence-electron chi connectivity index (χ0n) is 8.19. The first kappa shape index (κ1) is 10.5. The van der Waals surface area contributed by atoms with E-state index in [0.29, 0.717) is 12.5 Å². The number of aromatic nitrogens is 3. The van der Waals surface area contributed by atoms with Crippen LogP contribution in [0.15, 0.2) is 0 Å². The number of nitrogens with one attached hydrogen (secondary N) is 1. The highest BCUT2D eigenvalue weighted by Gasteiger charge is 2.01. The van der Waals surface area contributed by atoms with Gasteiger partial charge in [-0.3, -0.25) is 4.84 Å². The van der Waals surface area contributed by atoms with Gasteiger partial charge in [-0.15, -0.1) is 0 Å². The smallest absolute Gasteiger partial charge is 0.253 e. The number of hydrogen-bond acceptors (Lipinski definition) is 7. The summed E-state index contributed by atoms with van der Waals surface area (Å²) in [5.41, 5.74) is 13.2. The summed E-state index contributed by atoms with van der Waals surface area (Å²) >= 11 is 0. The molecule has 0 unspecified atom stereocenters. The lowest BCUT2D eigenvalue weighted by atomic mass is 10.2. The Morgan fingerprint density at radius 3 is 2.29 bits per heavy atom. The summed E-state index contributed by atoms with van der Waals surface area (Å²) in [5.74, 6) is 0.760. The summed E-state index contributed by atoms with van der Waals surface area (Å²) in [5, 5.41) is 0. The largest absolute Gasteiger partial charge is 0.368 e. The Morgan fingerprint density at radius 1 is 1.21 bits per heavy atom. The average molecular weight is 198 g/mol. The van der Waals surface area contributed by atoms with Crippen LogP contribution in [0.5, 0.6) is 0 Å². The first-order valence-electron chi connectivity index (χ1n) is 4.22. The standard InChI is InChI=1S/C7H14N6O/c1-4(2)3-14-13-7-11-5(8)10-6(9)12-7/h4H,3H2,1-2H3,(H5,8,9,10,11,12,13). The van der Waals surface area contributed by atoms with Gasteiger partial charge in [0.1, 0.15) is 0 Å². The van der Waals surface area contributed by atoms with Crippen LogP contribution in [0.1, 0.15) is 13.8 Å². The van der Waals surface area contributed by atoms with Gasteiger partial charge in [-0.25, -0.2) is 5.48 Å². The number of nitrogens with zero attached hydrogens (tertiary/aromatic N) is 3. The molecule has 0 fully saturated rings. The van der Waals surface area contributed by atoms with E-state index in [1.807, 2.05) is 13.8 Å². The SMILES string of the molecule is CC(C)CONc1nc(N)nc(N)n1. The van der Waals surface area contributed by atoms with Gasteiger partial charge in [-0.1, -0.05) is 13.8 Å². The lowest BCUT2D eigenvalue weighted by Crippen LogP contribution is -2.12. The van der Waals surface area contributed by atoms with Crippen LogP contribution in [0.2, 0.25) is 0 Å². The molecule has 0 saturated heterocycles. The van der Waals surface area contributed by atoms with Crippen LogP contribution in [0.4, 0.5) is 17.8 Å². The summed E-state index contributed by atoms with van der Waals surface area (Å²) in [7, 11) is 0. The molecule has 0 aliphatic heterocycles. The molecule has 7 heteroatoms. The lowest BCUT2D eigenvalue weighted by Gasteiger charge is -2.07. The van der Waals surface area contributed by atoms with Gasteiger partial charge in [0.2, 0.25) is 11.9 Å². The first-order chi connectivity index (χ1) is 6.58. The fraction of sp³-hybridized carbons (Fsp3) is 0.571. The molecule has 0 bridgehead atoms. The summed E-state index contributed by atoms with van der Waals surface area (Å²) in [4.78, 5) is 16.2. The van der Waals surface area contributed by atoms with Gasteiger partial charge in [0, 0.05) is 0 Å². The second-order valence-corrected chi connectivity index (χ2v) is 3.18. The fourth-order valence-corrected chi connectivity index (χ4v) is 0.728. The minimum atomic E-state index is 0.0631. The molecule has 1 rings (SSSR count). The summed E-state index contributed by atoms with van der Waals surface area (Å²) in [6.07, 6.45) is 0. The van der Waals surface area contributed by atoms with E-state index in [0.717, 1.165) is 0 Å². The van der Waals surface area contributed by atoms with Crippen molar-refractivity contribution >= 4 is 17.8 Å². The number of nitrogens with two attached hydrogens (primary N) is 2. The van der Waals surface area contributed by atoms with Crippen molar-refractivity contribution in [2.24, 2.45) is 5.92 Å². The second-order valence-electron chi connectivity index (χ2n) is 3.18. The van der Waals surface area contributed by atoms with E-state index in [1.54, 1.807) is 0 Å². The maximum absolute atomic E-state index is 5.35. The Balaban J connectivity index is 2.50. The summed E-state index contributed by atoms with van der Waals surface area (Å²) < 4.78 is 0. The van der Waals surface area contributed by atoms with E-state index in [2.05, 4.69) is 20.4 Å². The molecule has 0 saturated carbocycles. The monoisotopic (exact) mass is 198 g/mol. The van der Waals surface area contributed by atoms with Crippen molar-refractivity contribution in [2.45, 2.75) is 13.8 Å². The summed E-state index contributed by atoms with van der Waals surface area (Å²) in [6.45, 7) is 4.60. The molecule has 0 amide bonds. The van der Waals surface area contributed by atoms with Crippen molar-refractivity contribution in [1.29, 1.82) is 0 Å². The molecule has 0 aliphatic carbocycles. The fourth-order valence-electron chi connectivity index (χ4n) is 0.728. The third-order valence-electron chi connectivity index (χ3n) is 1.25. The third kappa shape index (κ3) is 3.40. The molecule has 1 heterocycles. The molecule has 14 heavy (non-hydrogen) atoms. The number of anilines is 3. The zero-order valence-corrected chi connectivity index (χ0v) is 8.19. The molecular formula is C7H14N6O. The lowest BCUT2D eigenvalue weighted by molar-refractivity contribution is 0.160. The first-order valence-corrected chi connectivity index (χ1v) is 4.22. The van der Waals surface area contributed by atoms with Crippen LogP contribution >= 0.6 is 0 Å². The highest BCUT2D eigenvalue weighted by atomic mass is 16.6. The van der Waals surface area contributed by atoms with Crippen LogP contribution in [0.25, 0.3) is 0 Å². The Hall–Kier alpha value is -1.63. The van der Waals surface area contributed by atoms with Crippen LogP contribution < -0.4 is 16.9 Å². The summed E-state index contributed by atoms with van der Waals surface area (Å²) in [6, 6.07) is 0. The van der Waals surface area contributed by atoms with E-state index in [1.165, 1.54) is 0 Å². The minimum absolute atomic E-state index is 0.0631. The zero-order chi connectivity index (χ0) is 10.6. The van der Waals surface area contributed by atoms with E-state index in [9.17, 15) is 0 Å². The number of rotatable bonds is 4. The van der Waals surface area contributed by atoms with Crippen LogP contribution in [-0.2, 0) is 4.84 Å². The van der Waals surface area contributed by atoms with Gasteiger partial charge in [-0.05, 0) is 5.92 Å². The van der Waals surface area contributed by atoms with E-state index in [-0.39, 0.29) is 17.8 Å². The Morgan fingerprint density at radius 2 is 1.79 bits per heavy atom. The van der Waals surface area contributed by atoms with Crippen molar-refractivity contribution in [3.8, 4) is 0 Å². The normalized spacial score (nSPS) is 10.5. The number of hydrogen-bond donors (Lipinski definition) is 3. The van der Waals surface area contributed by atoms with Gasteiger partial charge < -0.3 is 11.5 Å². The topological polar surface area (TPSA) is 112 Å². The molecule has 0 aliphatic rings. The molecular weight excluding hydrogens is 184 g/mol. The van der Waals surface area contributed by atoms with E-state index >= 15 is 0 Å². The molecule has 1 aromatic heterocycles. The van der Waals surface area contributed by atoms with Crippen molar-refractivity contribution in [3.05, 3.63) is 0 Å². The van der Waals surface area contributed by atoms with Crippen LogP contribution in [0, 0.1) is 5.92 Å². The average Bonchev–Trinajstić information content (AvgIpc) is 2.01. The predicted molar refractivity (Wildman–Crippen MR) is 53.1 cm³/mol. The van der Waals surface area contributed by atoms with Crippen molar-refractivity contribution in [2.75, 3.05) is 23.6 Å². The molecule has 0 aromatic carbocycles. The highest BCUT2D eigenvalue weighted by molar-refractivity contribution is 5.35. The van der Waals surface area contributed by atoms with Crippen LogP contribution in [-0.4, -0.2) is 21.6 Å². The Bertz CT molecular complexity index is 282. The quantitative estimate of drug-likeness (QED) is 0.585. The van der Waals surface area contributed by atoms with Crippen molar-refractivity contribution in [1.82, 2.24) is 15.0 Å². The van der Waals surface area contributed by atoms with Gasteiger partial charge in [0.15, 0.2) is 0 Å². The number of nitrogen functional groups attached to an aromatic ring is 2. The van der Waals surface area contributed by atoms with E-state index < -0.39 is 0 Å². The minimum Gasteiger partial charge on any atom is -0.368 e. The maximum Gasteiger partial charge on any atom is 0.253 e. The van der Waals surface area contributed by atoms with Gasteiger partial charge in [0.25, 0.3) is 5.95 Å². The van der Waals surface area contributed by atoms with Gasteiger partial charge >= 0.3 is 0 Å². The van der Waals surface area contributed by atoms with Crippen molar-refractivity contribution in [3.63, 3.8) is 0 Å². The van der Waals surface area contributed by atoms with Crippen molar-refractivity contribution < 1.29 is 4.84 Å². The highest BCUT2D eigenvalue weighted by Crippen LogP contribution is 2.03. The second kappa shape index (κ2) is 4.56. The molecule has 5 N–H and O–H groups in total. The Labute approximate surface area is 81.8 Å². The predicted octanol–water partition coefficient (Wildman–Crippen LogP) is 0.0355. The maximum atomic E-state index is 5.35. The van der Waals surface area contributed by atoms with E-state index in [4.69, 9.17) is 16.3 Å². The van der Waals surface area contributed by atoms with Crippen LogP contribution in [0.3, 0.4) is 0 Å². The Kier molecular flexibility index (Phi) is 3.41. The molecule has 7 nitrogen and oxygen atoms in total. The molecule has 0 radical (unpaired) electrons. The third-order valence-corrected chi connectivity index (χ3v) is 1.25. The van der Waals surface area contributed by atoms with Gasteiger partial charge in [-0.2, -0.15) is 15.0 Å². The molecule has 1 aromatic rings. The molecule has 0 spiro atoms. The molecule has 0 atom stereocenters.